The van der Waals surface area contributed by atoms with E-state index in [1.807, 2.05) is 0 Å². The van der Waals surface area contributed by atoms with Crippen molar-refractivity contribution in [1.82, 2.24) is 4.98 Å². The van der Waals surface area contributed by atoms with Gasteiger partial charge in [-0.1, -0.05) is 12.1 Å². The topological polar surface area (TPSA) is 33.1 Å². The van der Waals surface area contributed by atoms with E-state index in [2.05, 4.69) is 4.98 Å². The second-order valence-electron chi connectivity index (χ2n) is 3.64. The van der Waals surface area contributed by atoms with Gasteiger partial charge < -0.3 is 5.11 Å². The summed E-state index contributed by atoms with van der Waals surface area (Å²) in [5.74, 6) is -0.229. The van der Waals surface area contributed by atoms with Crippen molar-refractivity contribution in [2.45, 2.75) is 19.4 Å². The first-order valence-corrected chi connectivity index (χ1v) is 5.84. The fraction of sp³-hybridized carbons (Fsp3) is 0.250. The molecule has 1 unspecified atom stereocenters. The average molecular weight is 237 g/mol. The van der Waals surface area contributed by atoms with Gasteiger partial charge in [-0.3, -0.25) is 0 Å². The van der Waals surface area contributed by atoms with Gasteiger partial charge in [0.25, 0.3) is 0 Å². The molecule has 0 spiro atoms. The largest absolute Gasteiger partial charge is 0.388 e. The quantitative estimate of drug-likeness (QED) is 0.890. The van der Waals surface area contributed by atoms with Crippen LogP contribution < -0.4 is 0 Å². The van der Waals surface area contributed by atoms with Gasteiger partial charge in [-0.05, 0) is 24.6 Å². The highest BCUT2D eigenvalue weighted by Gasteiger charge is 2.07. The molecule has 0 bridgehead atoms. The number of hydrogen-bond donors (Lipinski definition) is 1. The van der Waals surface area contributed by atoms with Gasteiger partial charge in [-0.15, -0.1) is 11.3 Å². The van der Waals surface area contributed by atoms with Crippen LogP contribution in [-0.4, -0.2) is 10.1 Å². The number of aromatic nitrogens is 1. The van der Waals surface area contributed by atoms with E-state index in [9.17, 15) is 9.50 Å². The molecule has 0 aliphatic heterocycles. The number of nitrogens with zero attached hydrogens (tertiary/aromatic N) is 1. The maximum Gasteiger partial charge on any atom is 0.123 e. The Morgan fingerprint density at radius 3 is 2.62 bits per heavy atom. The molecular formula is C12H12FNOS. The minimum atomic E-state index is -0.473. The molecule has 0 saturated carbocycles. The number of thiazole rings is 1. The molecule has 0 aliphatic rings. The molecule has 1 atom stereocenters. The third-order valence-electron chi connectivity index (χ3n) is 2.25. The number of hydrogen-bond acceptors (Lipinski definition) is 3. The molecule has 0 radical (unpaired) electrons. The van der Waals surface area contributed by atoms with Crippen LogP contribution in [0.25, 0.3) is 0 Å². The Kier molecular flexibility index (Phi) is 3.31. The Balaban J connectivity index is 2.11. The van der Waals surface area contributed by atoms with Crippen LogP contribution in [0.3, 0.4) is 0 Å². The molecule has 0 aliphatic carbocycles. The molecule has 1 aromatic carbocycles. The lowest BCUT2D eigenvalue weighted by atomic mass is 10.2. The van der Waals surface area contributed by atoms with Gasteiger partial charge in [0, 0.05) is 12.6 Å². The molecule has 0 fully saturated rings. The number of aliphatic hydroxyl groups excluding tert-OH is 1. The first-order valence-electron chi connectivity index (χ1n) is 5.02. The summed E-state index contributed by atoms with van der Waals surface area (Å²) in [6.45, 7) is 1.72. The van der Waals surface area contributed by atoms with Crippen molar-refractivity contribution in [3.8, 4) is 0 Å². The molecule has 1 aromatic heterocycles. The highest BCUT2D eigenvalue weighted by molar-refractivity contribution is 7.11. The van der Waals surface area contributed by atoms with E-state index in [0.717, 1.165) is 15.4 Å². The lowest BCUT2D eigenvalue weighted by Crippen LogP contribution is -1.86. The van der Waals surface area contributed by atoms with Gasteiger partial charge in [-0.2, -0.15) is 0 Å². The van der Waals surface area contributed by atoms with Crippen molar-refractivity contribution in [2.24, 2.45) is 0 Å². The summed E-state index contributed by atoms with van der Waals surface area (Å²) in [7, 11) is 0. The summed E-state index contributed by atoms with van der Waals surface area (Å²) < 4.78 is 12.7. The normalized spacial score (nSPS) is 12.7. The van der Waals surface area contributed by atoms with E-state index in [1.165, 1.54) is 23.5 Å². The Bertz CT molecular complexity index is 464. The van der Waals surface area contributed by atoms with Gasteiger partial charge in [0.2, 0.25) is 0 Å². The standard InChI is InChI=1S/C12H12FNOS/c1-8(15)11-7-14-12(16-11)6-9-2-4-10(13)5-3-9/h2-5,7-8,15H,6H2,1H3. The SMILES string of the molecule is CC(O)c1cnc(Cc2ccc(F)cc2)s1. The van der Waals surface area contributed by atoms with Crippen molar-refractivity contribution >= 4 is 11.3 Å². The maximum atomic E-state index is 12.7. The molecule has 16 heavy (non-hydrogen) atoms. The Morgan fingerprint density at radius 2 is 2.06 bits per heavy atom. The summed E-state index contributed by atoms with van der Waals surface area (Å²) in [6, 6.07) is 6.38. The third-order valence-corrected chi connectivity index (χ3v) is 3.42. The Hall–Kier alpha value is -1.26. The summed E-state index contributed by atoms with van der Waals surface area (Å²) in [4.78, 5) is 5.08. The molecule has 2 rings (SSSR count). The lowest BCUT2D eigenvalue weighted by molar-refractivity contribution is 0.203. The van der Waals surface area contributed by atoms with Crippen LogP contribution >= 0.6 is 11.3 Å². The number of benzene rings is 1. The average Bonchev–Trinajstić information content (AvgIpc) is 2.70. The van der Waals surface area contributed by atoms with Crippen LogP contribution in [-0.2, 0) is 6.42 Å². The third kappa shape index (κ3) is 2.65. The maximum absolute atomic E-state index is 12.7. The monoisotopic (exact) mass is 237 g/mol. The number of halogens is 1. The zero-order valence-corrected chi connectivity index (χ0v) is 9.67. The van der Waals surface area contributed by atoms with Crippen LogP contribution in [0.2, 0.25) is 0 Å². The summed E-state index contributed by atoms with van der Waals surface area (Å²) in [5, 5.41) is 10.3. The molecule has 1 N–H and O–H groups in total. The predicted octanol–water partition coefficient (Wildman–Crippen LogP) is 2.93. The van der Waals surface area contributed by atoms with E-state index >= 15 is 0 Å². The summed E-state index contributed by atoms with van der Waals surface area (Å²) in [5.41, 5.74) is 1.02. The molecular weight excluding hydrogens is 225 g/mol. The first kappa shape index (κ1) is 11.2. The fourth-order valence-electron chi connectivity index (χ4n) is 1.38. The molecule has 0 amide bonds. The van der Waals surface area contributed by atoms with Crippen LogP contribution in [0.4, 0.5) is 4.39 Å². The predicted molar refractivity (Wildman–Crippen MR) is 62.0 cm³/mol. The molecule has 4 heteroatoms. The molecule has 1 heterocycles. The zero-order valence-electron chi connectivity index (χ0n) is 8.85. The van der Waals surface area contributed by atoms with Gasteiger partial charge in [-0.25, -0.2) is 9.37 Å². The van der Waals surface area contributed by atoms with E-state index < -0.39 is 6.10 Å². The summed E-state index contributed by atoms with van der Waals surface area (Å²) >= 11 is 1.49. The van der Waals surface area contributed by atoms with Crippen LogP contribution in [0.5, 0.6) is 0 Å². The lowest BCUT2D eigenvalue weighted by Gasteiger charge is -1.98. The fourth-order valence-corrected chi connectivity index (χ4v) is 2.27. The summed E-state index contributed by atoms with van der Waals surface area (Å²) in [6.07, 6.45) is 1.89. The van der Waals surface area contributed by atoms with E-state index in [-0.39, 0.29) is 5.82 Å². The number of aliphatic hydroxyl groups is 1. The van der Waals surface area contributed by atoms with Crippen LogP contribution in [0.1, 0.15) is 28.5 Å². The van der Waals surface area contributed by atoms with Crippen molar-refractivity contribution in [3.05, 3.63) is 51.7 Å². The van der Waals surface area contributed by atoms with Gasteiger partial charge in [0.1, 0.15) is 5.82 Å². The van der Waals surface area contributed by atoms with Crippen molar-refractivity contribution in [1.29, 1.82) is 0 Å². The van der Waals surface area contributed by atoms with E-state index in [1.54, 1.807) is 25.3 Å². The zero-order chi connectivity index (χ0) is 11.5. The molecule has 2 nitrogen and oxygen atoms in total. The molecule has 2 aromatic rings. The van der Waals surface area contributed by atoms with Crippen molar-refractivity contribution in [3.63, 3.8) is 0 Å². The highest BCUT2D eigenvalue weighted by Crippen LogP contribution is 2.22. The highest BCUT2D eigenvalue weighted by atomic mass is 32.1. The molecule has 0 saturated heterocycles. The Morgan fingerprint density at radius 1 is 1.38 bits per heavy atom. The second-order valence-corrected chi connectivity index (χ2v) is 4.78. The number of rotatable bonds is 3. The van der Waals surface area contributed by atoms with Crippen LogP contribution in [0, 0.1) is 5.82 Å². The van der Waals surface area contributed by atoms with Crippen molar-refractivity contribution < 1.29 is 9.50 Å². The van der Waals surface area contributed by atoms with Gasteiger partial charge in [0.05, 0.1) is 16.0 Å². The molecule has 84 valence electrons. The van der Waals surface area contributed by atoms with Crippen molar-refractivity contribution in [2.75, 3.05) is 0 Å². The second kappa shape index (κ2) is 4.72. The van der Waals surface area contributed by atoms with Crippen LogP contribution in [0.15, 0.2) is 30.5 Å². The minimum absolute atomic E-state index is 0.229. The minimum Gasteiger partial charge on any atom is -0.388 e. The Labute approximate surface area is 97.4 Å². The smallest absolute Gasteiger partial charge is 0.123 e. The van der Waals surface area contributed by atoms with Gasteiger partial charge >= 0.3 is 0 Å². The first-order chi connectivity index (χ1) is 7.65. The van der Waals surface area contributed by atoms with E-state index in [0.29, 0.717) is 6.42 Å². The van der Waals surface area contributed by atoms with Gasteiger partial charge in [0.15, 0.2) is 0 Å². The van der Waals surface area contributed by atoms with E-state index in [4.69, 9.17) is 0 Å².